The first-order chi connectivity index (χ1) is 11.1. The predicted molar refractivity (Wildman–Crippen MR) is 92.1 cm³/mol. The number of hydrogen-bond acceptors (Lipinski definition) is 6. The number of benzene rings is 1. The van der Waals surface area contributed by atoms with E-state index >= 15 is 0 Å². The van der Waals surface area contributed by atoms with E-state index in [1.54, 1.807) is 18.7 Å². The predicted octanol–water partition coefficient (Wildman–Crippen LogP) is 3.30. The van der Waals surface area contributed by atoms with Crippen molar-refractivity contribution in [2.45, 2.75) is 19.4 Å². The lowest BCUT2D eigenvalue weighted by Crippen LogP contribution is -2.30. The van der Waals surface area contributed by atoms with Gasteiger partial charge in [-0.05, 0) is 37.5 Å². The minimum absolute atomic E-state index is 0.428. The molecule has 0 unspecified atom stereocenters. The number of anilines is 1. The van der Waals surface area contributed by atoms with Crippen LogP contribution in [-0.2, 0) is 4.79 Å². The Morgan fingerprint density at radius 1 is 1.39 bits per heavy atom. The minimum Gasteiger partial charge on any atom is -0.480 e. The molecule has 0 aliphatic heterocycles. The summed E-state index contributed by atoms with van der Waals surface area (Å²) in [6.07, 6.45) is 2.45. The van der Waals surface area contributed by atoms with Crippen LogP contribution >= 0.6 is 11.8 Å². The zero-order chi connectivity index (χ0) is 16.4. The van der Waals surface area contributed by atoms with Crippen molar-refractivity contribution in [2.75, 3.05) is 17.3 Å². The van der Waals surface area contributed by atoms with Crippen molar-refractivity contribution >= 4 is 45.6 Å². The van der Waals surface area contributed by atoms with Gasteiger partial charge in [-0.15, -0.1) is 0 Å². The van der Waals surface area contributed by atoms with E-state index in [0.717, 1.165) is 11.1 Å². The Morgan fingerprint density at radius 2 is 2.17 bits per heavy atom. The molecule has 3 aromatic rings. The molecular formula is C16H17N3O3S. The fourth-order valence-corrected chi connectivity index (χ4v) is 2.93. The van der Waals surface area contributed by atoms with E-state index in [-0.39, 0.29) is 0 Å². The van der Waals surface area contributed by atoms with Crippen LogP contribution in [0.2, 0.25) is 0 Å². The first-order valence-electron chi connectivity index (χ1n) is 7.24. The van der Waals surface area contributed by atoms with E-state index in [1.165, 1.54) is 0 Å². The lowest BCUT2D eigenvalue weighted by Gasteiger charge is -2.14. The van der Waals surface area contributed by atoms with Crippen LogP contribution in [0.1, 0.15) is 12.2 Å². The van der Waals surface area contributed by atoms with Crippen LogP contribution in [0.25, 0.3) is 22.1 Å². The second-order valence-electron chi connectivity index (χ2n) is 5.21. The van der Waals surface area contributed by atoms with Gasteiger partial charge in [-0.3, -0.25) is 0 Å². The molecule has 0 spiro atoms. The zero-order valence-electron chi connectivity index (χ0n) is 12.9. The number of thioether (sulfide) groups is 1. The van der Waals surface area contributed by atoms with Crippen LogP contribution in [0, 0.1) is 6.92 Å². The third-order valence-electron chi connectivity index (χ3n) is 3.55. The number of carboxylic acid groups (broad SMARTS) is 1. The first kappa shape index (κ1) is 15.6. The highest BCUT2D eigenvalue weighted by molar-refractivity contribution is 7.98. The van der Waals surface area contributed by atoms with Gasteiger partial charge in [0.2, 0.25) is 0 Å². The number of nitrogens with zero attached hydrogens (tertiary/aromatic N) is 2. The van der Waals surface area contributed by atoms with Gasteiger partial charge in [-0.1, -0.05) is 12.1 Å². The van der Waals surface area contributed by atoms with Gasteiger partial charge < -0.3 is 14.8 Å². The fourth-order valence-electron chi connectivity index (χ4n) is 2.46. The molecule has 0 fully saturated rings. The van der Waals surface area contributed by atoms with Gasteiger partial charge in [-0.25, -0.2) is 14.8 Å². The normalized spacial score (nSPS) is 12.6. The lowest BCUT2D eigenvalue weighted by atomic mass is 10.2. The van der Waals surface area contributed by atoms with Crippen LogP contribution in [0.4, 0.5) is 5.82 Å². The van der Waals surface area contributed by atoms with E-state index in [1.807, 2.05) is 30.5 Å². The average Bonchev–Trinajstić information content (AvgIpc) is 2.90. The van der Waals surface area contributed by atoms with E-state index in [0.29, 0.717) is 34.7 Å². The Morgan fingerprint density at radius 3 is 2.91 bits per heavy atom. The van der Waals surface area contributed by atoms with Crippen molar-refractivity contribution in [3.63, 3.8) is 0 Å². The molecule has 0 aliphatic carbocycles. The van der Waals surface area contributed by atoms with Crippen LogP contribution in [-0.4, -0.2) is 39.1 Å². The second kappa shape index (κ2) is 6.45. The summed E-state index contributed by atoms with van der Waals surface area (Å²) in [4.78, 5) is 20.2. The van der Waals surface area contributed by atoms with Crippen molar-refractivity contribution in [3.05, 3.63) is 30.1 Å². The van der Waals surface area contributed by atoms with Crippen LogP contribution < -0.4 is 5.32 Å². The number of carboxylic acids is 1. The molecule has 0 saturated heterocycles. The molecule has 0 bridgehead atoms. The lowest BCUT2D eigenvalue weighted by molar-refractivity contribution is -0.137. The monoisotopic (exact) mass is 331 g/mol. The molecular weight excluding hydrogens is 314 g/mol. The number of nitrogens with one attached hydrogen (secondary N) is 1. The third-order valence-corrected chi connectivity index (χ3v) is 4.20. The zero-order valence-corrected chi connectivity index (χ0v) is 13.7. The molecule has 0 radical (unpaired) electrons. The van der Waals surface area contributed by atoms with E-state index in [2.05, 4.69) is 15.3 Å². The highest BCUT2D eigenvalue weighted by Gasteiger charge is 2.21. The van der Waals surface area contributed by atoms with Crippen LogP contribution in [0.5, 0.6) is 0 Å². The number of aliphatic carboxylic acids is 1. The topological polar surface area (TPSA) is 88.3 Å². The average molecular weight is 331 g/mol. The largest absolute Gasteiger partial charge is 0.480 e. The van der Waals surface area contributed by atoms with Gasteiger partial charge in [0.25, 0.3) is 0 Å². The maximum atomic E-state index is 11.5. The number of rotatable bonds is 6. The van der Waals surface area contributed by atoms with E-state index < -0.39 is 12.0 Å². The SMILES string of the molecule is CSCC[C@H](Nc1nc(C)nc2c1oc1ccccc12)C(=O)O. The third kappa shape index (κ3) is 3.10. The Bertz CT molecular complexity index is 862. The quantitative estimate of drug-likeness (QED) is 0.716. The van der Waals surface area contributed by atoms with Crippen molar-refractivity contribution < 1.29 is 14.3 Å². The van der Waals surface area contributed by atoms with E-state index in [9.17, 15) is 9.90 Å². The van der Waals surface area contributed by atoms with Crippen molar-refractivity contribution in [2.24, 2.45) is 0 Å². The summed E-state index contributed by atoms with van der Waals surface area (Å²) in [6.45, 7) is 1.78. The number of fused-ring (bicyclic) bond motifs is 3. The smallest absolute Gasteiger partial charge is 0.326 e. The number of hydrogen-bond donors (Lipinski definition) is 2. The number of para-hydroxylation sites is 1. The molecule has 0 saturated carbocycles. The molecule has 3 rings (SSSR count). The molecule has 0 amide bonds. The molecule has 0 aliphatic rings. The fraction of sp³-hybridized carbons (Fsp3) is 0.312. The second-order valence-corrected chi connectivity index (χ2v) is 6.20. The summed E-state index contributed by atoms with van der Waals surface area (Å²) < 4.78 is 5.84. The summed E-state index contributed by atoms with van der Waals surface area (Å²) in [5, 5.41) is 13.3. The maximum absolute atomic E-state index is 11.5. The summed E-state index contributed by atoms with van der Waals surface area (Å²) in [5.74, 6) is 0.842. The number of furan rings is 1. The van der Waals surface area contributed by atoms with Crippen LogP contribution in [0.3, 0.4) is 0 Å². The maximum Gasteiger partial charge on any atom is 0.326 e. The van der Waals surface area contributed by atoms with Gasteiger partial charge in [0.15, 0.2) is 11.4 Å². The Balaban J connectivity index is 2.07. The summed E-state index contributed by atoms with van der Waals surface area (Å²) in [7, 11) is 0. The molecule has 2 N–H and O–H groups in total. The first-order valence-corrected chi connectivity index (χ1v) is 8.63. The Hall–Kier alpha value is -2.28. The number of carbonyl (C=O) groups is 1. The molecule has 23 heavy (non-hydrogen) atoms. The minimum atomic E-state index is -0.903. The van der Waals surface area contributed by atoms with Gasteiger partial charge in [0.1, 0.15) is 23.0 Å². The summed E-state index contributed by atoms with van der Waals surface area (Å²) in [5.41, 5.74) is 1.90. The number of aromatic nitrogens is 2. The van der Waals surface area contributed by atoms with Gasteiger partial charge in [-0.2, -0.15) is 11.8 Å². The Labute approximate surface area is 137 Å². The summed E-state index contributed by atoms with van der Waals surface area (Å²) >= 11 is 1.61. The van der Waals surface area contributed by atoms with Crippen molar-refractivity contribution in [3.8, 4) is 0 Å². The molecule has 7 heteroatoms. The summed E-state index contributed by atoms with van der Waals surface area (Å²) in [6, 6.07) is 6.88. The number of aryl methyl sites for hydroxylation is 1. The van der Waals surface area contributed by atoms with E-state index in [4.69, 9.17) is 4.42 Å². The standard InChI is InChI=1S/C16H17N3O3S/c1-9-17-13-10-5-3-4-6-12(10)22-14(13)15(18-9)19-11(16(20)21)7-8-23-2/h3-6,11H,7-8H2,1-2H3,(H,20,21)(H,17,18,19)/t11-/m0/s1. The molecule has 120 valence electrons. The van der Waals surface area contributed by atoms with Crippen molar-refractivity contribution in [1.82, 2.24) is 9.97 Å². The molecule has 2 aromatic heterocycles. The van der Waals surface area contributed by atoms with Gasteiger partial charge in [0.05, 0.1) is 0 Å². The van der Waals surface area contributed by atoms with Crippen LogP contribution in [0.15, 0.2) is 28.7 Å². The molecule has 6 nitrogen and oxygen atoms in total. The molecule has 2 heterocycles. The Kier molecular flexibility index (Phi) is 4.38. The molecule has 1 atom stereocenters. The van der Waals surface area contributed by atoms with Gasteiger partial charge in [0, 0.05) is 5.39 Å². The molecule has 1 aromatic carbocycles. The highest BCUT2D eigenvalue weighted by atomic mass is 32.2. The van der Waals surface area contributed by atoms with Gasteiger partial charge >= 0.3 is 5.97 Å². The van der Waals surface area contributed by atoms with Crippen molar-refractivity contribution in [1.29, 1.82) is 0 Å². The highest BCUT2D eigenvalue weighted by Crippen LogP contribution is 2.31.